The quantitative estimate of drug-likeness (QED) is 0.398. The normalized spacial score (nSPS) is 45.3. The molecule has 2 N–H and O–H groups in total. The molecule has 5 nitrogen and oxygen atoms in total. The second-order valence-electron chi connectivity index (χ2n) is 10.2. The van der Waals surface area contributed by atoms with Gasteiger partial charge in [0.1, 0.15) is 6.10 Å². The van der Waals surface area contributed by atoms with Crippen LogP contribution < -0.4 is 0 Å². The summed E-state index contributed by atoms with van der Waals surface area (Å²) in [4.78, 5) is 10.8. The molecule has 2 heterocycles. The van der Waals surface area contributed by atoms with Gasteiger partial charge in [0.15, 0.2) is 0 Å². The van der Waals surface area contributed by atoms with Gasteiger partial charge in [-0.3, -0.25) is 0 Å². The van der Waals surface area contributed by atoms with E-state index >= 15 is 0 Å². The summed E-state index contributed by atoms with van der Waals surface area (Å²) in [6.07, 6.45) is 12.5. The van der Waals surface area contributed by atoms with Crippen molar-refractivity contribution in [3.8, 4) is 0 Å². The van der Waals surface area contributed by atoms with Gasteiger partial charge >= 0.3 is 5.97 Å². The minimum Gasteiger partial charge on any atom is -0.478 e. The van der Waals surface area contributed by atoms with Crippen molar-refractivity contribution in [3.63, 3.8) is 0 Å². The number of fused-ring (bicyclic) bond motifs is 5. The highest BCUT2D eigenvalue weighted by molar-refractivity contribution is 5.80. The van der Waals surface area contributed by atoms with Crippen LogP contribution in [0.4, 0.5) is 0 Å². The number of aliphatic hydroxyl groups excluding tert-OH is 1. The Morgan fingerprint density at radius 1 is 1.29 bits per heavy atom. The van der Waals surface area contributed by atoms with E-state index in [-0.39, 0.29) is 17.9 Å². The fourth-order valence-electron chi connectivity index (χ4n) is 6.76. The summed E-state index contributed by atoms with van der Waals surface area (Å²) >= 11 is 0. The lowest BCUT2D eigenvalue weighted by molar-refractivity contribution is -0.208. The van der Waals surface area contributed by atoms with Gasteiger partial charge in [-0.2, -0.15) is 0 Å². The molecule has 2 aliphatic carbocycles. The molecular weight excluding hydrogens is 392 g/mol. The van der Waals surface area contributed by atoms with Crippen molar-refractivity contribution >= 4 is 5.97 Å². The Balaban J connectivity index is 1.77. The van der Waals surface area contributed by atoms with Gasteiger partial charge in [-0.05, 0) is 57.8 Å². The largest absolute Gasteiger partial charge is 0.478 e. The maximum Gasteiger partial charge on any atom is 0.328 e. The Kier molecular flexibility index (Phi) is 6.30. The molecule has 2 aliphatic heterocycles. The first-order chi connectivity index (χ1) is 14.7. The Morgan fingerprint density at radius 3 is 2.81 bits per heavy atom. The number of ether oxygens (including phenoxy) is 2. The monoisotopic (exact) mass is 428 g/mol. The number of rotatable bonds is 3. The van der Waals surface area contributed by atoms with Gasteiger partial charge in [-0.1, -0.05) is 48.5 Å². The fourth-order valence-corrected chi connectivity index (χ4v) is 6.76. The SMILES string of the molecule is CC1=CC[C@H]2[C@@H]3[C@H](O)[C@@H](/C=C/C=C/C(=O)O)O[C@@H]4[C@H](C)CCO[C@@]4(C)[C@@H]3C(C)=C[C@@H]2C1. The van der Waals surface area contributed by atoms with Gasteiger partial charge < -0.3 is 19.7 Å². The Labute approximate surface area is 185 Å². The summed E-state index contributed by atoms with van der Waals surface area (Å²) < 4.78 is 13.1. The highest BCUT2D eigenvalue weighted by Gasteiger charge is 2.59. The van der Waals surface area contributed by atoms with Crippen LogP contribution in [0.15, 0.2) is 47.6 Å². The second kappa shape index (κ2) is 8.68. The standard InChI is InChI=1S/C26H36O5/c1-15-9-10-19-18(13-15)14-17(3)23-22(19)24(29)20(7-5-6-8-21(27)28)31-25-16(2)11-12-30-26(23,25)4/h5-9,14,16,18-20,22-25,29H,10-13H2,1-4H3,(H,27,28)/b7-5+,8-6+/t16-,18+,19-,20-,22+,23-,24-,25-,26+/m1/s1. The number of carboxylic acid groups (broad SMARTS) is 1. The van der Waals surface area contributed by atoms with Crippen LogP contribution >= 0.6 is 0 Å². The topological polar surface area (TPSA) is 76.0 Å². The van der Waals surface area contributed by atoms with E-state index in [1.165, 1.54) is 17.2 Å². The maximum absolute atomic E-state index is 11.7. The summed E-state index contributed by atoms with van der Waals surface area (Å²) in [6, 6.07) is 0. The predicted octanol–water partition coefficient (Wildman–Crippen LogP) is 4.29. The van der Waals surface area contributed by atoms with Gasteiger partial charge in [0.05, 0.1) is 17.8 Å². The van der Waals surface area contributed by atoms with Crippen LogP contribution in [0.1, 0.15) is 47.0 Å². The van der Waals surface area contributed by atoms with Gasteiger partial charge in [0.25, 0.3) is 0 Å². The molecule has 0 aromatic heterocycles. The smallest absolute Gasteiger partial charge is 0.328 e. The Morgan fingerprint density at radius 2 is 2.06 bits per heavy atom. The number of hydrogen-bond donors (Lipinski definition) is 2. The molecule has 170 valence electrons. The van der Waals surface area contributed by atoms with Crippen molar-refractivity contribution in [2.75, 3.05) is 6.61 Å². The minimum absolute atomic E-state index is 0.0257. The summed E-state index contributed by atoms with van der Waals surface area (Å²) in [7, 11) is 0. The van der Waals surface area contributed by atoms with Crippen LogP contribution in [-0.4, -0.2) is 46.7 Å². The molecule has 2 saturated heterocycles. The van der Waals surface area contributed by atoms with Gasteiger partial charge in [-0.25, -0.2) is 4.79 Å². The zero-order valence-corrected chi connectivity index (χ0v) is 19.0. The van der Waals surface area contributed by atoms with Crippen molar-refractivity contribution in [2.24, 2.45) is 29.6 Å². The zero-order valence-electron chi connectivity index (χ0n) is 19.0. The number of allylic oxidation sites excluding steroid dienone is 5. The van der Waals surface area contributed by atoms with Crippen molar-refractivity contribution in [1.29, 1.82) is 0 Å². The first-order valence-electron chi connectivity index (χ1n) is 11.6. The Bertz CT molecular complexity index is 824. The summed E-state index contributed by atoms with van der Waals surface area (Å²) in [5, 5.41) is 20.6. The van der Waals surface area contributed by atoms with E-state index in [0.717, 1.165) is 25.3 Å². The van der Waals surface area contributed by atoms with Crippen molar-refractivity contribution in [2.45, 2.75) is 70.9 Å². The lowest BCUT2D eigenvalue weighted by Crippen LogP contribution is -2.58. The zero-order chi connectivity index (χ0) is 22.3. The first-order valence-corrected chi connectivity index (χ1v) is 11.6. The van der Waals surface area contributed by atoms with E-state index in [2.05, 4.69) is 39.8 Å². The molecule has 0 saturated carbocycles. The third-order valence-electron chi connectivity index (χ3n) is 8.06. The number of hydrogen-bond acceptors (Lipinski definition) is 4. The number of aliphatic carboxylic acids is 1. The van der Waals surface area contributed by atoms with Gasteiger partial charge in [0.2, 0.25) is 0 Å². The molecule has 0 spiro atoms. The summed E-state index contributed by atoms with van der Waals surface area (Å²) in [6.45, 7) is 9.49. The van der Waals surface area contributed by atoms with Crippen LogP contribution in [0, 0.1) is 29.6 Å². The maximum atomic E-state index is 11.7. The molecule has 2 fully saturated rings. The molecule has 0 bridgehead atoms. The third kappa shape index (κ3) is 4.08. The molecule has 4 rings (SSSR count). The van der Waals surface area contributed by atoms with Gasteiger partial charge in [0, 0.05) is 24.5 Å². The first kappa shape index (κ1) is 22.5. The lowest BCUT2D eigenvalue weighted by atomic mass is 9.56. The fraction of sp³-hybridized carbons (Fsp3) is 0.654. The molecule has 9 atom stereocenters. The van der Waals surface area contributed by atoms with Gasteiger partial charge in [-0.15, -0.1) is 0 Å². The Hall–Kier alpha value is -1.69. The molecule has 0 aromatic carbocycles. The van der Waals surface area contributed by atoms with Crippen LogP contribution in [0.3, 0.4) is 0 Å². The van der Waals surface area contributed by atoms with E-state index in [9.17, 15) is 9.90 Å². The van der Waals surface area contributed by atoms with Crippen molar-refractivity contribution in [1.82, 2.24) is 0 Å². The molecule has 4 aliphatic rings. The van der Waals surface area contributed by atoms with Crippen LogP contribution in [-0.2, 0) is 14.3 Å². The van der Waals surface area contributed by atoms with Crippen LogP contribution in [0.5, 0.6) is 0 Å². The van der Waals surface area contributed by atoms with E-state index in [1.54, 1.807) is 6.08 Å². The molecule has 5 heteroatoms. The highest BCUT2D eigenvalue weighted by Crippen LogP contribution is 2.55. The summed E-state index contributed by atoms with van der Waals surface area (Å²) in [5.74, 6) is 0.217. The van der Waals surface area contributed by atoms with E-state index in [0.29, 0.717) is 24.4 Å². The van der Waals surface area contributed by atoms with Crippen LogP contribution in [0.25, 0.3) is 0 Å². The number of carboxylic acids is 1. The molecule has 0 unspecified atom stereocenters. The molecular formula is C26H36O5. The van der Waals surface area contributed by atoms with Crippen molar-refractivity contribution in [3.05, 3.63) is 47.6 Å². The van der Waals surface area contributed by atoms with E-state index in [4.69, 9.17) is 14.6 Å². The average Bonchev–Trinajstić information content (AvgIpc) is 2.79. The molecule has 0 amide bonds. The number of carbonyl (C=O) groups is 1. The van der Waals surface area contributed by atoms with E-state index in [1.807, 2.05) is 6.08 Å². The molecule has 31 heavy (non-hydrogen) atoms. The summed E-state index contributed by atoms with van der Waals surface area (Å²) in [5.41, 5.74) is 2.23. The molecule has 0 radical (unpaired) electrons. The number of aliphatic hydroxyl groups is 1. The second-order valence-corrected chi connectivity index (χ2v) is 10.2. The predicted molar refractivity (Wildman–Crippen MR) is 119 cm³/mol. The molecule has 0 aromatic rings. The average molecular weight is 429 g/mol. The lowest BCUT2D eigenvalue weighted by Gasteiger charge is -2.53. The van der Waals surface area contributed by atoms with E-state index < -0.39 is 23.8 Å². The van der Waals surface area contributed by atoms with Crippen LogP contribution in [0.2, 0.25) is 0 Å². The minimum atomic E-state index is -0.992. The third-order valence-corrected chi connectivity index (χ3v) is 8.06. The van der Waals surface area contributed by atoms with Crippen molar-refractivity contribution < 1.29 is 24.5 Å². The highest BCUT2D eigenvalue weighted by atomic mass is 16.6.